The van der Waals surface area contributed by atoms with E-state index in [4.69, 9.17) is 11.5 Å². The molecule has 0 saturated heterocycles. The minimum Gasteiger partial charge on any atom is -0.368 e. The van der Waals surface area contributed by atoms with E-state index in [1.807, 2.05) is 6.92 Å². The summed E-state index contributed by atoms with van der Waals surface area (Å²) in [4.78, 5) is 11.7. The SMILES string of the molecule is CCC[C@](N)(C(N)=O)[C@H]1CCc2cc(F)cc(F)c2C1. The van der Waals surface area contributed by atoms with Crippen LogP contribution in [0.1, 0.15) is 37.3 Å². The molecule has 4 N–H and O–H groups in total. The Morgan fingerprint density at radius 3 is 2.75 bits per heavy atom. The van der Waals surface area contributed by atoms with E-state index in [9.17, 15) is 13.6 Å². The zero-order valence-electron chi connectivity index (χ0n) is 11.6. The van der Waals surface area contributed by atoms with Crippen LogP contribution in [0.15, 0.2) is 12.1 Å². The minimum atomic E-state index is -1.12. The summed E-state index contributed by atoms with van der Waals surface area (Å²) < 4.78 is 27.1. The van der Waals surface area contributed by atoms with Crippen LogP contribution in [0, 0.1) is 17.6 Å². The zero-order valence-corrected chi connectivity index (χ0v) is 11.6. The molecule has 0 fully saturated rings. The van der Waals surface area contributed by atoms with Crippen LogP contribution < -0.4 is 11.5 Å². The third-order valence-electron chi connectivity index (χ3n) is 4.32. The average molecular weight is 282 g/mol. The van der Waals surface area contributed by atoms with Crippen LogP contribution in [0.3, 0.4) is 0 Å². The first kappa shape index (κ1) is 14.9. The molecule has 1 aliphatic rings. The number of primary amides is 1. The van der Waals surface area contributed by atoms with Crippen molar-refractivity contribution < 1.29 is 13.6 Å². The number of halogens is 2. The number of carbonyl (C=O) groups is 1. The number of amides is 1. The summed E-state index contributed by atoms with van der Waals surface area (Å²) in [5.41, 5.74) is 11.7. The number of hydrogen-bond donors (Lipinski definition) is 2. The van der Waals surface area contributed by atoms with Crippen molar-refractivity contribution in [1.29, 1.82) is 0 Å². The molecule has 3 nitrogen and oxygen atoms in total. The summed E-state index contributed by atoms with van der Waals surface area (Å²) in [5.74, 6) is -1.88. The van der Waals surface area contributed by atoms with Crippen molar-refractivity contribution in [2.24, 2.45) is 17.4 Å². The highest BCUT2D eigenvalue weighted by molar-refractivity contribution is 5.84. The lowest BCUT2D eigenvalue weighted by Gasteiger charge is -2.38. The van der Waals surface area contributed by atoms with Crippen molar-refractivity contribution in [1.82, 2.24) is 0 Å². The van der Waals surface area contributed by atoms with Gasteiger partial charge in [0.2, 0.25) is 5.91 Å². The Morgan fingerprint density at radius 1 is 1.45 bits per heavy atom. The molecule has 20 heavy (non-hydrogen) atoms. The van der Waals surface area contributed by atoms with Gasteiger partial charge in [-0.2, -0.15) is 0 Å². The lowest BCUT2D eigenvalue weighted by atomic mass is 9.70. The van der Waals surface area contributed by atoms with Gasteiger partial charge in [-0.05, 0) is 48.8 Å². The Kier molecular flexibility index (Phi) is 4.09. The third-order valence-corrected chi connectivity index (χ3v) is 4.32. The molecule has 0 unspecified atom stereocenters. The monoisotopic (exact) mass is 282 g/mol. The number of carbonyl (C=O) groups excluding carboxylic acids is 1. The smallest absolute Gasteiger partial charge is 0.237 e. The van der Waals surface area contributed by atoms with Gasteiger partial charge >= 0.3 is 0 Å². The quantitative estimate of drug-likeness (QED) is 0.887. The van der Waals surface area contributed by atoms with E-state index in [0.717, 1.165) is 12.5 Å². The normalized spacial score (nSPS) is 21.1. The van der Waals surface area contributed by atoms with Crippen LogP contribution in [0.2, 0.25) is 0 Å². The van der Waals surface area contributed by atoms with E-state index in [1.54, 1.807) is 0 Å². The van der Waals surface area contributed by atoms with Gasteiger partial charge in [0.1, 0.15) is 11.6 Å². The molecule has 0 saturated carbocycles. The van der Waals surface area contributed by atoms with Gasteiger partial charge in [0.15, 0.2) is 0 Å². The van der Waals surface area contributed by atoms with E-state index in [0.29, 0.717) is 36.8 Å². The summed E-state index contributed by atoms with van der Waals surface area (Å²) in [6.45, 7) is 1.93. The van der Waals surface area contributed by atoms with Gasteiger partial charge in [-0.15, -0.1) is 0 Å². The fraction of sp³-hybridized carbons (Fsp3) is 0.533. The Morgan fingerprint density at radius 2 is 2.15 bits per heavy atom. The molecule has 5 heteroatoms. The van der Waals surface area contributed by atoms with Gasteiger partial charge in [-0.1, -0.05) is 13.3 Å². The molecule has 0 aromatic heterocycles. The molecule has 2 rings (SSSR count). The Balaban J connectivity index is 2.32. The van der Waals surface area contributed by atoms with Crippen molar-refractivity contribution in [3.63, 3.8) is 0 Å². The number of benzene rings is 1. The van der Waals surface area contributed by atoms with Gasteiger partial charge < -0.3 is 11.5 Å². The third kappa shape index (κ3) is 2.54. The summed E-state index contributed by atoms with van der Waals surface area (Å²) in [7, 11) is 0. The summed E-state index contributed by atoms with van der Waals surface area (Å²) in [6, 6.07) is 2.24. The van der Waals surface area contributed by atoms with Crippen molar-refractivity contribution in [2.45, 2.75) is 44.6 Å². The Hall–Kier alpha value is -1.49. The second kappa shape index (κ2) is 5.48. The highest BCUT2D eigenvalue weighted by Gasteiger charge is 2.41. The van der Waals surface area contributed by atoms with Crippen molar-refractivity contribution >= 4 is 5.91 Å². The number of nitrogens with two attached hydrogens (primary N) is 2. The van der Waals surface area contributed by atoms with Crippen LogP contribution in [0.4, 0.5) is 8.78 Å². The summed E-state index contributed by atoms with van der Waals surface area (Å²) >= 11 is 0. The predicted octanol–water partition coefficient (Wildman–Crippen LogP) is 2.05. The number of aryl methyl sites for hydroxylation is 1. The van der Waals surface area contributed by atoms with Gasteiger partial charge in [-0.3, -0.25) is 4.79 Å². The second-order valence-corrected chi connectivity index (χ2v) is 5.62. The molecule has 0 aliphatic heterocycles. The molecule has 1 aromatic carbocycles. The van der Waals surface area contributed by atoms with Crippen LogP contribution >= 0.6 is 0 Å². The Bertz CT molecular complexity index is 533. The van der Waals surface area contributed by atoms with Gasteiger partial charge in [0.05, 0.1) is 5.54 Å². The van der Waals surface area contributed by atoms with Crippen LogP contribution in [0.25, 0.3) is 0 Å². The topological polar surface area (TPSA) is 69.1 Å². The first-order chi connectivity index (χ1) is 9.38. The second-order valence-electron chi connectivity index (χ2n) is 5.62. The zero-order chi connectivity index (χ0) is 14.9. The van der Waals surface area contributed by atoms with Crippen LogP contribution in [-0.2, 0) is 17.6 Å². The number of fused-ring (bicyclic) bond motifs is 1. The number of rotatable bonds is 4. The highest BCUT2D eigenvalue weighted by Crippen LogP contribution is 2.35. The van der Waals surface area contributed by atoms with Gasteiger partial charge in [0, 0.05) is 6.07 Å². The predicted molar refractivity (Wildman–Crippen MR) is 72.9 cm³/mol. The molecule has 110 valence electrons. The maximum atomic E-state index is 13.9. The largest absolute Gasteiger partial charge is 0.368 e. The first-order valence-electron chi connectivity index (χ1n) is 6.94. The standard InChI is InChI=1S/C15H20F2N2O/c1-2-5-15(19,14(18)20)10-4-3-9-6-11(16)8-13(17)12(9)7-10/h6,8,10H,2-5,7,19H2,1H3,(H2,18,20)/t10-,15+/m0/s1. The van der Waals surface area contributed by atoms with E-state index < -0.39 is 23.1 Å². The molecule has 1 amide bonds. The molecule has 0 bridgehead atoms. The van der Waals surface area contributed by atoms with E-state index in [-0.39, 0.29) is 5.92 Å². The fourth-order valence-electron chi connectivity index (χ4n) is 3.17. The first-order valence-corrected chi connectivity index (χ1v) is 6.94. The number of hydrogen-bond acceptors (Lipinski definition) is 2. The molecular formula is C15H20F2N2O. The minimum absolute atomic E-state index is 0.201. The van der Waals surface area contributed by atoms with Crippen LogP contribution in [-0.4, -0.2) is 11.4 Å². The fourth-order valence-corrected chi connectivity index (χ4v) is 3.17. The van der Waals surface area contributed by atoms with E-state index in [1.165, 1.54) is 6.07 Å². The molecular weight excluding hydrogens is 262 g/mol. The molecule has 2 atom stereocenters. The van der Waals surface area contributed by atoms with Crippen molar-refractivity contribution in [2.75, 3.05) is 0 Å². The molecule has 0 heterocycles. The van der Waals surface area contributed by atoms with Crippen LogP contribution in [0.5, 0.6) is 0 Å². The lowest BCUT2D eigenvalue weighted by Crippen LogP contribution is -2.58. The summed E-state index contributed by atoms with van der Waals surface area (Å²) in [5, 5.41) is 0. The maximum absolute atomic E-state index is 13.9. The van der Waals surface area contributed by atoms with Crippen molar-refractivity contribution in [3.8, 4) is 0 Å². The van der Waals surface area contributed by atoms with Gasteiger partial charge in [-0.25, -0.2) is 8.78 Å². The summed E-state index contributed by atoms with van der Waals surface area (Å²) in [6.07, 6.45) is 2.68. The molecule has 1 aliphatic carbocycles. The lowest BCUT2D eigenvalue weighted by molar-refractivity contribution is -0.125. The van der Waals surface area contributed by atoms with Crippen molar-refractivity contribution in [3.05, 3.63) is 34.9 Å². The van der Waals surface area contributed by atoms with Gasteiger partial charge in [0.25, 0.3) is 0 Å². The maximum Gasteiger partial charge on any atom is 0.237 e. The Labute approximate surface area is 117 Å². The molecule has 0 radical (unpaired) electrons. The average Bonchev–Trinajstić information content (AvgIpc) is 2.38. The van der Waals surface area contributed by atoms with E-state index >= 15 is 0 Å². The molecule has 1 aromatic rings. The molecule has 0 spiro atoms. The highest BCUT2D eigenvalue weighted by atomic mass is 19.1. The van der Waals surface area contributed by atoms with E-state index in [2.05, 4.69) is 0 Å².